The molecule has 22 heavy (non-hydrogen) atoms. The second-order valence-corrected chi connectivity index (χ2v) is 7.58. The third-order valence-corrected chi connectivity index (χ3v) is 4.79. The lowest BCUT2D eigenvalue weighted by molar-refractivity contribution is 0.235. The highest BCUT2D eigenvalue weighted by Gasteiger charge is 2.29. The first-order chi connectivity index (χ1) is 10.3. The number of aliphatic hydroxyl groups is 1. The van der Waals surface area contributed by atoms with E-state index >= 15 is 0 Å². The number of para-hydroxylation sites is 1. The third kappa shape index (κ3) is 5.21. The molecule has 0 spiro atoms. The van der Waals surface area contributed by atoms with E-state index in [0.29, 0.717) is 18.9 Å². The van der Waals surface area contributed by atoms with Crippen LogP contribution in [0, 0.1) is 11.8 Å². The normalized spacial score (nSPS) is 13.6. The van der Waals surface area contributed by atoms with Crippen molar-refractivity contribution in [2.75, 3.05) is 18.5 Å². The highest BCUT2D eigenvalue weighted by Crippen LogP contribution is 2.27. The fraction of sp³-hybridized carbons (Fsp3) is 0.600. The van der Waals surface area contributed by atoms with Crippen molar-refractivity contribution in [3.8, 4) is 0 Å². The summed E-state index contributed by atoms with van der Waals surface area (Å²) in [7, 11) is -4.64. The molecule has 2 N–H and O–H groups in total. The molecule has 0 aliphatic rings. The Kier molecular flexibility index (Phi) is 7.22. The quantitative estimate of drug-likeness (QED) is 0.727. The van der Waals surface area contributed by atoms with Crippen LogP contribution in [0.4, 0.5) is 14.5 Å². The number of aliphatic hydroxyl groups excluding tert-OH is 1. The van der Waals surface area contributed by atoms with Crippen LogP contribution >= 0.6 is 0 Å². The average molecular weight is 335 g/mol. The van der Waals surface area contributed by atoms with Gasteiger partial charge in [0.25, 0.3) is 0 Å². The number of nitrogens with one attached hydrogen (secondary N) is 1. The van der Waals surface area contributed by atoms with Crippen LogP contribution in [-0.2, 0) is 9.84 Å². The summed E-state index contributed by atoms with van der Waals surface area (Å²) in [6.45, 7) is 4.57. The number of rotatable bonds is 9. The molecule has 0 aliphatic heterocycles. The first kappa shape index (κ1) is 18.8. The first-order valence-electron chi connectivity index (χ1n) is 7.24. The van der Waals surface area contributed by atoms with Crippen molar-refractivity contribution >= 4 is 15.5 Å². The number of alkyl halides is 2. The number of benzene rings is 1. The average Bonchev–Trinajstić information content (AvgIpc) is 2.44. The van der Waals surface area contributed by atoms with Crippen molar-refractivity contribution in [2.45, 2.75) is 37.3 Å². The number of hydrogen-bond acceptors (Lipinski definition) is 4. The van der Waals surface area contributed by atoms with Crippen molar-refractivity contribution in [3.63, 3.8) is 0 Å². The summed E-state index contributed by atoms with van der Waals surface area (Å²) < 4.78 is 48.8. The van der Waals surface area contributed by atoms with Crippen LogP contribution in [-0.4, -0.2) is 32.4 Å². The first-order valence-corrected chi connectivity index (χ1v) is 8.79. The Bertz CT molecular complexity index is 562. The van der Waals surface area contributed by atoms with Gasteiger partial charge in [-0.15, -0.1) is 0 Å². The lowest BCUT2D eigenvalue weighted by Gasteiger charge is -2.20. The maximum Gasteiger partial charge on any atom is 0.341 e. The predicted octanol–water partition coefficient (Wildman–Crippen LogP) is 3.14. The van der Waals surface area contributed by atoms with Gasteiger partial charge >= 0.3 is 5.76 Å². The molecular formula is C15H23F2NO3S. The van der Waals surface area contributed by atoms with Crippen LogP contribution in [0.2, 0.25) is 0 Å². The standard InChI is InChI=1S/C15H23F2NO3S/c1-11(2)9-12(7-8-19)10-18-13-5-3-4-6-14(13)22(20,21)15(16)17/h3-6,11-12,15,18-19H,7-10H2,1-2H3. The summed E-state index contributed by atoms with van der Waals surface area (Å²) in [5, 5.41) is 12.0. The van der Waals surface area contributed by atoms with Gasteiger partial charge in [-0.1, -0.05) is 26.0 Å². The number of hydrogen-bond donors (Lipinski definition) is 2. The van der Waals surface area contributed by atoms with Crippen LogP contribution < -0.4 is 5.32 Å². The van der Waals surface area contributed by atoms with Gasteiger partial charge in [0.05, 0.1) is 10.6 Å². The molecule has 0 radical (unpaired) electrons. The SMILES string of the molecule is CC(C)CC(CCO)CNc1ccccc1S(=O)(=O)C(F)F. The maximum atomic E-state index is 12.7. The van der Waals surface area contributed by atoms with Crippen molar-refractivity contribution in [1.82, 2.24) is 0 Å². The van der Waals surface area contributed by atoms with Gasteiger partial charge in [-0.05, 0) is 36.8 Å². The van der Waals surface area contributed by atoms with Crippen LogP contribution in [0.3, 0.4) is 0 Å². The topological polar surface area (TPSA) is 66.4 Å². The fourth-order valence-corrected chi connectivity index (χ4v) is 3.27. The van der Waals surface area contributed by atoms with Gasteiger partial charge in [0.15, 0.2) is 0 Å². The van der Waals surface area contributed by atoms with Gasteiger partial charge in [0, 0.05) is 13.2 Å². The summed E-state index contributed by atoms with van der Waals surface area (Å²) in [6, 6.07) is 5.66. The van der Waals surface area contributed by atoms with E-state index in [4.69, 9.17) is 5.11 Å². The van der Waals surface area contributed by atoms with Gasteiger partial charge in [-0.25, -0.2) is 8.42 Å². The Morgan fingerprint density at radius 3 is 2.41 bits per heavy atom. The van der Waals surface area contributed by atoms with E-state index in [-0.39, 0.29) is 18.2 Å². The zero-order chi connectivity index (χ0) is 16.8. The molecule has 4 nitrogen and oxygen atoms in total. The smallest absolute Gasteiger partial charge is 0.341 e. The Morgan fingerprint density at radius 2 is 1.86 bits per heavy atom. The molecule has 0 saturated carbocycles. The maximum absolute atomic E-state index is 12.7. The number of halogens is 2. The van der Waals surface area contributed by atoms with Crippen molar-refractivity contribution in [2.24, 2.45) is 11.8 Å². The van der Waals surface area contributed by atoms with Crippen LogP contribution in [0.25, 0.3) is 0 Å². The van der Waals surface area contributed by atoms with E-state index in [1.165, 1.54) is 18.2 Å². The van der Waals surface area contributed by atoms with Gasteiger partial charge < -0.3 is 10.4 Å². The van der Waals surface area contributed by atoms with Crippen molar-refractivity contribution in [3.05, 3.63) is 24.3 Å². The molecule has 7 heteroatoms. The Labute approximate surface area is 130 Å². The molecule has 1 aromatic carbocycles. The number of anilines is 1. The van der Waals surface area contributed by atoms with E-state index in [1.54, 1.807) is 6.07 Å². The van der Waals surface area contributed by atoms with E-state index in [9.17, 15) is 17.2 Å². The highest BCUT2D eigenvalue weighted by atomic mass is 32.2. The molecule has 0 fully saturated rings. The molecule has 1 rings (SSSR count). The third-order valence-electron chi connectivity index (χ3n) is 3.35. The van der Waals surface area contributed by atoms with E-state index in [2.05, 4.69) is 19.2 Å². The molecule has 1 unspecified atom stereocenters. The summed E-state index contributed by atoms with van der Waals surface area (Å²) in [5.74, 6) is -2.87. The molecule has 126 valence electrons. The molecule has 0 aromatic heterocycles. The van der Waals surface area contributed by atoms with Crippen LogP contribution in [0.15, 0.2) is 29.2 Å². The van der Waals surface area contributed by atoms with Gasteiger partial charge in [0.1, 0.15) is 0 Å². The summed E-state index contributed by atoms with van der Waals surface area (Å²) >= 11 is 0. The van der Waals surface area contributed by atoms with E-state index < -0.39 is 20.5 Å². The highest BCUT2D eigenvalue weighted by molar-refractivity contribution is 7.91. The van der Waals surface area contributed by atoms with Crippen LogP contribution in [0.5, 0.6) is 0 Å². The largest absolute Gasteiger partial charge is 0.396 e. The van der Waals surface area contributed by atoms with Crippen molar-refractivity contribution < 1.29 is 22.3 Å². The minimum Gasteiger partial charge on any atom is -0.396 e. The molecule has 0 saturated heterocycles. The Hall–Kier alpha value is -1.21. The number of sulfone groups is 1. The lowest BCUT2D eigenvalue weighted by atomic mass is 9.94. The minimum atomic E-state index is -4.64. The monoisotopic (exact) mass is 335 g/mol. The summed E-state index contributed by atoms with van der Waals surface area (Å²) in [4.78, 5) is -0.391. The van der Waals surface area contributed by atoms with Gasteiger partial charge in [-0.2, -0.15) is 8.78 Å². The Morgan fingerprint density at radius 1 is 1.23 bits per heavy atom. The fourth-order valence-electron chi connectivity index (χ4n) is 2.36. The molecular weight excluding hydrogens is 312 g/mol. The van der Waals surface area contributed by atoms with Crippen molar-refractivity contribution in [1.29, 1.82) is 0 Å². The summed E-state index contributed by atoms with van der Waals surface area (Å²) in [6.07, 6.45) is 1.44. The summed E-state index contributed by atoms with van der Waals surface area (Å²) in [5.41, 5.74) is 0.175. The minimum absolute atomic E-state index is 0.0377. The van der Waals surface area contributed by atoms with Gasteiger partial charge in [0.2, 0.25) is 9.84 Å². The molecule has 1 atom stereocenters. The predicted molar refractivity (Wildman–Crippen MR) is 82.8 cm³/mol. The second kappa shape index (κ2) is 8.43. The molecule has 0 aliphatic carbocycles. The molecule has 0 heterocycles. The zero-order valence-corrected chi connectivity index (χ0v) is 13.6. The Balaban J connectivity index is 2.90. The van der Waals surface area contributed by atoms with Gasteiger partial charge in [-0.3, -0.25) is 0 Å². The van der Waals surface area contributed by atoms with E-state index in [0.717, 1.165) is 6.42 Å². The zero-order valence-electron chi connectivity index (χ0n) is 12.8. The molecule has 0 bridgehead atoms. The van der Waals surface area contributed by atoms with Crippen LogP contribution in [0.1, 0.15) is 26.7 Å². The molecule has 0 amide bonds. The lowest BCUT2D eigenvalue weighted by Crippen LogP contribution is -2.20. The molecule has 1 aromatic rings. The second-order valence-electron chi connectivity index (χ2n) is 5.69. The van der Waals surface area contributed by atoms with E-state index in [1.807, 2.05) is 0 Å².